The minimum atomic E-state index is -0.404. The minimum Gasteiger partial charge on any atom is -0.381 e. The maximum atomic E-state index is 10.8. The monoisotopic (exact) mass is 333 g/mol. The van der Waals surface area contributed by atoms with Crippen LogP contribution in [0.3, 0.4) is 0 Å². The second-order valence-electron chi connectivity index (χ2n) is 5.66. The Balaban J connectivity index is 1.75. The molecule has 0 radical (unpaired) electrons. The van der Waals surface area contributed by atoms with Gasteiger partial charge in [-0.1, -0.05) is 30.3 Å². The first kappa shape index (κ1) is 15.9. The molecule has 1 saturated heterocycles. The molecule has 1 fully saturated rings. The van der Waals surface area contributed by atoms with Crippen LogP contribution < -0.4 is 5.32 Å². The lowest BCUT2D eigenvalue weighted by Gasteiger charge is -2.27. The lowest BCUT2D eigenvalue weighted by molar-refractivity contribution is -0.380. The van der Waals surface area contributed by atoms with Crippen LogP contribution in [0.1, 0.15) is 30.9 Å². The molecule has 6 nitrogen and oxygen atoms in total. The first-order valence-electron chi connectivity index (χ1n) is 7.72. The van der Waals surface area contributed by atoms with E-state index in [-0.39, 0.29) is 11.0 Å². The van der Waals surface area contributed by atoms with Crippen molar-refractivity contribution in [2.75, 3.05) is 18.5 Å². The van der Waals surface area contributed by atoms with Gasteiger partial charge in [0.2, 0.25) is 0 Å². The Morgan fingerprint density at radius 1 is 1.35 bits per heavy atom. The van der Waals surface area contributed by atoms with E-state index in [2.05, 4.69) is 22.4 Å². The molecule has 7 heteroatoms. The van der Waals surface area contributed by atoms with Crippen molar-refractivity contribution in [1.82, 2.24) is 4.98 Å². The Morgan fingerprint density at radius 2 is 2.09 bits per heavy atom. The zero-order chi connectivity index (χ0) is 16.1. The van der Waals surface area contributed by atoms with E-state index in [0.29, 0.717) is 11.0 Å². The van der Waals surface area contributed by atoms with Crippen molar-refractivity contribution in [3.63, 3.8) is 0 Å². The fraction of sp³-hybridized carbons (Fsp3) is 0.438. The van der Waals surface area contributed by atoms with Gasteiger partial charge in [0, 0.05) is 13.2 Å². The van der Waals surface area contributed by atoms with E-state index >= 15 is 0 Å². The van der Waals surface area contributed by atoms with E-state index in [1.54, 1.807) is 0 Å². The van der Waals surface area contributed by atoms with Gasteiger partial charge in [0.15, 0.2) is 5.13 Å². The van der Waals surface area contributed by atoms with Crippen LogP contribution in [-0.2, 0) is 4.74 Å². The summed E-state index contributed by atoms with van der Waals surface area (Å²) in [7, 11) is 0. The molecule has 0 aliphatic carbocycles. The van der Waals surface area contributed by atoms with Crippen molar-refractivity contribution in [1.29, 1.82) is 0 Å². The first-order valence-corrected chi connectivity index (χ1v) is 8.53. The van der Waals surface area contributed by atoms with Crippen LogP contribution in [0, 0.1) is 16.0 Å². The third-order valence-corrected chi connectivity index (χ3v) is 4.96. The summed E-state index contributed by atoms with van der Waals surface area (Å²) in [6, 6.07) is 10.3. The van der Waals surface area contributed by atoms with Gasteiger partial charge in [-0.2, -0.15) is 0 Å². The number of rotatable bonds is 6. The maximum Gasteiger partial charge on any atom is 0.345 e. The maximum absolute atomic E-state index is 10.8. The summed E-state index contributed by atoms with van der Waals surface area (Å²) in [6.45, 7) is 1.63. The standard InChI is InChI=1S/C16H19N3O3S/c20-19(21)15-11-17-16(23-15)18-14(13-4-2-1-3-5-13)10-12-6-8-22-9-7-12/h1-5,11-12,14H,6-10H2,(H,17,18)/t14-/m1/s1. The molecular formula is C16H19N3O3S. The van der Waals surface area contributed by atoms with Crippen LogP contribution in [0.15, 0.2) is 36.5 Å². The summed E-state index contributed by atoms with van der Waals surface area (Å²) >= 11 is 1.08. The zero-order valence-electron chi connectivity index (χ0n) is 12.7. The average molecular weight is 333 g/mol. The third kappa shape index (κ3) is 4.27. The molecule has 0 spiro atoms. The van der Waals surface area contributed by atoms with Gasteiger partial charge in [-0.05, 0) is 42.1 Å². The summed E-state index contributed by atoms with van der Waals surface area (Å²) in [5.74, 6) is 0.594. The fourth-order valence-electron chi connectivity index (χ4n) is 2.84. The minimum absolute atomic E-state index is 0.0605. The quantitative estimate of drug-likeness (QED) is 0.638. The molecule has 1 atom stereocenters. The largest absolute Gasteiger partial charge is 0.381 e. The van der Waals surface area contributed by atoms with E-state index in [4.69, 9.17) is 4.74 Å². The number of nitro groups is 1. The molecule has 0 bridgehead atoms. The van der Waals surface area contributed by atoms with Crippen molar-refractivity contribution >= 4 is 21.5 Å². The van der Waals surface area contributed by atoms with Gasteiger partial charge in [-0.25, -0.2) is 4.98 Å². The second-order valence-corrected chi connectivity index (χ2v) is 6.67. The Hall–Kier alpha value is -1.99. The summed E-state index contributed by atoms with van der Waals surface area (Å²) in [5, 5.41) is 14.9. The highest BCUT2D eigenvalue weighted by molar-refractivity contribution is 7.18. The van der Waals surface area contributed by atoms with Crippen LogP contribution in [0.4, 0.5) is 10.1 Å². The molecule has 1 aliphatic rings. The van der Waals surface area contributed by atoms with Crippen molar-refractivity contribution < 1.29 is 9.66 Å². The smallest absolute Gasteiger partial charge is 0.345 e. The molecule has 3 rings (SSSR count). The van der Waals surface area contributed by atoms with E-state index < -0.39 is 4.92 Å². The molecule has 2 heterocycles. The van der Waals surface area contributed by atoms with Gasteiger partial charge in [0.05, 0.1) is 11.0 Å². The first-order chi connectivity index (χ1) is 11.2. The Kier molecular flexibility index (Phi) is 5.19. The average Bonchev–Trinajstić information content (AvgIpc) is 3.05. The Bertz CT molecular complexity index is 641. The molecule has 2 aromatic rings. The van der Waals surface area contributed by atoms with Crippen LogP contribution >= 0.6 is 11.3 Å². The molecule has 1 aromatic carbocycles. The number of nitrogens with one attached hydrogen (secondary N) is 1. The van der Waals surface area contributed by atoms with Crippen molar-refractivity contribution in [2.24, 2.45) is 5.92 Å². The highest BCUT2D eigenvalue weighted by atomic mass is 32.1. The number of hydrogen-bond acceptors (Lipinski definition) is 6. The summed E-state index contributed by atoms with van der Waals surface area (Å²) < 4.78 is 5.43. The van der Waals surface area contributed by atoms with Gasteiger partial charge in [-0.3, -0.25) is 10.1 Å². The van der Waals surface area contributed by atoms with Crippen LogP contribution in [0.25, 0.3) is 0 Å². The van der Waals surface area contributed by atoms with Crippen LogP contribution in [0.5, 0.6) is 0 Å². The molecular weight excluding hydrogens is 314 g/mol. The predicted octanol–water partition coefficient (Wildman–Crippen LogP) is 4.02. The van der Waals surface area contributed by atoms with Crippen molar-refractivity contribution in [3.8, 4) is 0 Å². The fourth-order valence-corrected chi connectivity index (χ4v) is 3.53. The van der Waals surface area contributed by atoms with Crippen molar-refractivity contribution in [3.05, 3.63) is 52.2 Å². The van der Waals surface area contributed by atoms with Crippen molar-refractivity contribution in [2.45, 2.75) is 25.3 Å². The summed E-state index contributed by atoms with van der Waals surface area (Å²) in [6.07, 6.45) is 4.40. The molecule has 0 saturated carbocycles. The number of aromatic nitrogens is 1. The Labute approximate surface area is 138 Å². The van der Waals surface area contributed by atoms with E-state index in [1.807, 2.05) is 18.2 Å². The third-order valence-electron chi connectivity index (χ3n) is 4.08. The van der Waals surface area contributed by atoms with Gasteiger partial charge in [0.25, 0.3) is 0 Å². The highest BCUT2D eigenvalue weighted by Gasteiger charge is 2.22. The van der Waals surface area contributed by atoms with E-state index in [9.17, 15) is 10.1 Å². The number of thiazole rings is 1. The van der Waals surface area contributed by atoms with Crippen LogP contribution in [-0.4, -0.2) is 23.1 Å². The van der Waals surface area contributed by atoms with Gasteiger partial charge in [0.1, 0.15) is 6.20 Å². The number of benzene rings is 1. The molecule has 1 aromatic heterocycles. The van der Waals surface area contributed by atoms with Gasteiger partial charge >= 0.3 is 5.00 Å². The second kappa shape index (κ2) is 7.52. The molecule has 1 N–H and O–H groups in total. The van der Waals surface area contributed by atoms with Gasteiger partial charge < -0.3 is 10.1 Å². The Morgan fingerprint density at radius 3 is 2.74 bits per heavy atom. The topological polar surface area (TPSA) is 77.3 Å². The molecule has 1 aliphatic heterocycles. The SMILES string of the molecule is O=[N+]([O-])c1cnc(N[C@H](CC2CCOCC2)c2ccccc2)s1. The zero-order valence-corrected chi connectivity index (χ0v) is 13.5. The number of ether oxygens (including phenoxy) is 1. The van der Waals surface area contributed by atoms with Gasteiger partial charge in [-0.15, -0.1) is 0 Å². The number of nitrogens with zero attached hydrogens (tertiary/aromatic N) is 2. The lowest BCUT2D eigenvalue weighted by atomic mass is 9.89. The summed E-state index contributed by atoms with van der Waals surface area (Å²) in [5.41, 5.74) is 1.18. The lowest BCUT2D eigenvalue weighted by Crippen LogP contribution is -2.21. The normalized spacial score (nSPS) is 16.9. The van der Waals surface area contributed by atoms with E-state index in [1.165, 1.54) is 11.8 Å². The number of hydrogen-bond donors (Lipinski definition) is 1. The highest BCUT2D eigenvalue weighted by Crippen LogP contribution is 2.33. The molecule has 0 unspecified atom stereocenters. The molecule has 0 amide bonds. The van der Waals surface area contributed by atoms with E-state index in [0.717, 1.165) is 43.8 Å². The summed E-state index contributed by atoms with van der Waals surface area (Å²) in [4.78, 5) is 14.6. The predicted molar refractivity (Wildman–Crippen MR) is 89.7 cm³/mol. The molecule has 122 valence electrons. The number of anilines is 1. The molecule has 23 heavy (non-hydrogen) atoms. The van der Waals surface area contributed by atoms with Crippen LogP contribution in [0.2, 0.25) is 0 Å².